The minimum Gasteiger partial charge on any atom is -1.00 e. The van der Waals surface area contributed by atoms with E-state index in [1.54, 1.807) is 12.1 Å². The monoisotopic (exact) mass is 363 g/mol. The topological polar surface area (TPSA) is 53.7 Å². The Morgan fingerprint density at radius 3 is 2.57 bits per heavy atom. The molecule has 0 saturated carbocycles. The third kappa shape index (κ3) is 3.35. The van der Waals surface area contributed by atoms with Crippen LogP contribution < -0.4 is 22.7 Å². The van der Waals surface area contributed by atoms with Crippen molar-refractivity contribution in [3.05, 3.63) is 69.8 Å². The molecule has 6 heteroatoms. The number of rotatable bonds is 2. The van der Waals surface area contributed by atoms with Gasteiger partial charge in [-0.15, -0.1) is 0 Å². The van der Waals surface area contributed by atoms with E-state index in [0.29, 0.717) is 27.8 Å². The Morgan fingerprint density at radius 1 is 1.09 bits per heavy atom. The fourth-order valence-corrected chi connectivity index (χ4v) is 2.79. The number of nitriles is 1. The van der Waals surface area contributed by atoms with Gasteiger partial charge < -0.3 is 18.1 Å². The van der Waals surface area contributed by atoms with Crippen LogP contribution in [0.1, 0.15) is 11.1 Å². The van der Waals surface area contributed by atoms with Crippen molar-refractivity contribution in [2.24, 2.45) is 0 Å². The van der Waals surface area contributed by atoms with Gasteiger partial charge in [-0.1, -0.05) is 29.3 Å². The molecule has 0 amide bonds. The van der Waals surface area contributed by atoms with E-state index in [-0.39, 0.29) is 12.4 Å². The van der Waals surface area contributed by atoms with E-state index >= 15 is 0 Å². The van der Waals surface area contributed by atoms with Crippen LogP contribution in [-0.2, 0) is 6.54 Å². The summed E-state index contributed by atoms with van der Waals surface area (Å²) < 4.78 is 2.05. The molecule has 0 atom stereocenters. The van der Waals surface area contributed by atoms with Gasteiger partial charge in [0.2, 0.25) is 5.52 Å². The minimum atomic E-state index is 0. The van der Waals surface area contributed by atoms with Crippen LogP contribution in [0.5, 0.6) is 0 Å². The maximum atomic E-state index is 9.29. The summed E-state index contributed by atoms with van der Waals surface area (Å²) in [6.07, 6.45) is 1.96. The van der Waals surface area contributed by atoms with Crippen LogP contribution in [0.2, 0.25) is 10.0 Å². The number of nitrogens with zero attached hydrogens (tertiary/aromatic N) is 2. The number of hydrogen-bond acceptors (Lipinski definition) is 2. The van der Waals surface area contributed by atoms with Gasteiger partial charge in [0, 0.05) is 17.7 Å². The first-order chi connectivity index (χ1) is 10.6. The first kappa shape index (κ1) is 17.4. The predicted octanol–water partition coefficient (Wildman–Crippen LogP) is 0.940. The maximum absolute atomic E-state index is 9.29. The molecule has 2 N–H and O–H groups in total. The lowest BCUT2D eigenvalue weighted by molar-refractivity contribution is -0.662. The molecule has 0 saturated heterocycles. The van der Waals surface area contributed by atoms with E-state index in [2.05, 4.69) is 10.6 Å². The molecule has 1 aromatic heterocycles. The molecule has 0 fully saturated rings. The molecule has 0 bridgehead atoms. The summed E-state index contributed by atoms with van der Waals surface area (Å²) in [5.74, 6) is 0. The zero-order chi connectivity index (χ0) is 15.7. The summed E-state index contributed by atoms with van der Waals surface area (Å²) in [7, 11) is 0. The van der Waals surface area contributed by atoms with Gasteiger partial charge >= 0.3 is 0 Å². The lowest BCUT2D eigenvalue weighted by Gasteiger charge is -2.05. The minimum absolute atomic E-state index is 0. The quantitative estimate of drug-likeness (QED) is 0.543. The number of benzene rings is 2. The highest BCUT2D eigenvalue weighted by molar-refractivity contribution is 6.42. The van der Waals surface area contributed by atoms with Crippen molar-refractivity contribution in [2.75, 3.05) is 5.73 Å². The van der Waals surface area contributed by atoms with Crippen molar-refractivity contribution in [3.63, 3.8) is 0 Å². The van der Waals surface area contributed by atoms with Crippen LogP contribution in [0, 0.1) is 11.3 Å². The third-order valence-corrected chi connectivity index (χ3v) is 4.28. The summed E-state index contributed by atoms with van der Waals surface area (Å²) in [6, 6.07) is 15.2. The number of aromatic nitrogens is 1. The van der Waals surface area contributed by atoms with Crippen molar-refractivity contribution < 1.29 is 17.0 Å². The number of hydrogen-bond donors (Lipinski definition) is 1. The summed E-state index contributed by atoms with van der Waals surface area (Å²) >= 11 is 12.0. The molecule has 3 rings (SSSR count). The molecule has 116 valence electrons. The average Bonchev–Trinajstić information content (AvgIpc) is 2.51. The molecule has 0 aliphatic carbocycles. The van der Waals surface area contributed by atoms with Crippen LogP contribution in [0.4, 0.5) is 5.69 Å². The molecule has 0 radical (unpaired) electrons. The van der Waals surface area contributed by atoms with E-state index in [1.165, 1.54) is 0 Å². The molecule has 23 heavy (non-hydrogen) atoms. The molecule has 3 nitrogen and oxygen atoms in total. The van der Waals surface area contributed by atoms with Gasteiger partial charge in [0.05, 0.1) is 26.7 Å². The van der Waals surface area contributed by atoms with Gasteiger partial charge in [0.15, 0.2) is 12.7 Å². The van der Waals surface area contributed by atoms with Crippen molar-refractivity contribution in [1.29, 1.82) is 5.26 Å². The molecular weight excluding hydrogens is 353 g/mol. The molecule has 0 aliphatic heterocycles. The largest absolute Gasteiger partial charge is 1.00 e. The first-order valence-electron chi connectivity index (χ1n) is 6.65. The summed E-state index contributed by atoms with van der Waals surface area (Å²) in [5, 5.41) is 11.2. The Morgan fingerprint density at radius 2 is 1.87 bits per heavy atom. The van der Waals surface area contributed by atoms with Crippen molar-refractivity contribution in [1.82, 2.24) is 0 Å². The highest BCUT2D eigenvalue weighted by Crippen LogP contribution is 2.24. The first-order valence-corrected chi connectivity index (χ1v) is 7.40. The highest BCUT2D eigenvalue weighted by atomic mass is 35.5. The van der Waals surface area contributed by atoms with Gasteiger partial charge in [-0.25, -0.2) is 0 Å². The SMILES string of the molecule is N#Cc1c(N)ccc2c1ccc[n+]2Cc1ccc(Cl)c(Cl)c1.[Cl-]. The van der Waals surface area contributed by atoms with Gasteiger partial charge in [0.25, 0.3) is 0 Å². The molecule has 2 aromatic carbocycles. The van der Waals surface area contributed by atoms with E-state index in [0.717, 1.165) is 16.5 Å². The zero-order valence-electron chi connectivity index (χ0n) is 11.9. The Bertz CT molecular complexity index is 917. The Hall–Kier alpha value is -1.99. The summed E-state index contributed by atoms with van der Waals surface area (Å²) in [4.78, 5) is 0. The normalized spacial score (nSPS) is 10.1. The second-order valence-electron chi connectivity index (χ2n) is 4.96. The molecule has 0 unspecified atom stereocenters. The van der Waals surface area contributed by atoms with Crippen LogP contribution in [0.25, 0.3) is 10.9 Å². The van der Waals surface area contributed by atoms with E-state index < -0.39 is 0 Å². The zero-order valence-corrected chi connectivity index (χ0v) is 14.2. The second kappa shape index (κ2) is 7.06. The molecule has 3 aromatic rings. The molecule has 0 spiro atoms. The van der Waals surface area contributed by atoms with E-state index in [1.807, 2.05) is 36.5 Å². The average molecular weight is 365 g/mol. The van der Waals surface area contributed by atoms with Crippen molar-refractivity contribution in [3.8, 4) is 6.07 Å². The van der Waals surface area contributed by atoms with Gasteiger partial charge in [-0.3, -0.25) is 0 Å². The second-order valence-corrected chi connectivity index (χ2v) is 5.77. The number of nitrogen functional groups attached to an aromatic ring is 1. The summed E-state index contributed by atoms with van der Waals surface area (Å²) in [5.41, 5.74) is 8.84. The maximum Gasteiger partial charge on any atom is 0.214 e. The van der Waals surface area contributed by atoms with Crippen LogP contribution in [0.3, 0.4) is 0 Å². The van der Waals surface area contributed by atoms with Crippen molar-refractivity contribution in [2.45, 2.75) is 6.54 Å². The Balaban J connectivity index is 0.00000192. The lowest BCUT2D eigenvalue weighted by Crippen LogP contribution is -3.00. The smallest absolute Gasteiger partial charge is 0.214 e. The lowest BCUT2D eigenvalue weighted by atomic mass is 10.1. The fourth-order valence-electron chi connectivity index (χ4n) is 2.47. The third-order valence-electron chi connectivity index (χ3n) is 3.54. The predicted molar refractivity (Wildman–Crippen MR) is 88.8 cm³/mol. The standard InChI is InChI=1S/C17H12Cl2N3.ClH/c18-14-4-3-11(8-15(14)19)10-22-7-1-2-12-13(9-20)16(21)5-6-17(12)22;/h1-8H,10,21H2;1H/q+1;/p-1. The van der Waals surface area contributed by atoms with Gasteiger partial charge in [-0.05, 0) is 24.3 Å². The van der Waals surface area contributed by atoms with Crippen LogP contribution in [0.15, 0.2) is 48.7 Å². The number of halogens is 3. The molecule has 1 heterocycles. The van der Waals surface area contributed by atoms with E-state index in [4.69, 9.17) is 28.9 Å². The Labute approximate surface area is 150 Å². The number of pyridine rings is 1. The fraction of sp³-hybridized carbons (Fsp3) is 0.0588. The van der Waals surface area contributed by atoms with Crippen LogP contribution in [-0.4, -0.2) is 0 Å². The van der Waals surface area contributed by atoms with Gasteiger partial charge in [-0.2, -0.15) is 9.83 Å². The van der Waals surface area contributed by atoms with Gasteiger partial charge in [0.1, 0.15) is 6.07 Å². The Kier molecular flexibility index (Phi) is 5.33. The number of nitrogens with two attached hydrogens (primary N) is 1. The van der Waals surface area contributed by atoms with Crippen molar-refractivity contribution >= 4 is 39.8 Å². The summed E-state index contributed by atoms with van der Waals surface area (Å²) in [6.45, 7) is 0.628. The molecule has 0 aliphatic rings. The number of fused-ring (bicyclic) bond motifs is 1. The van der Waals surface area contributed by atoms with Crippen LogP contribution >= 0.6 is 23.2 Å². The van der Waals surface area contributed by atoms with E-state index in [9.17, 15) is 5.26 Å². The number of anilines is 1. The highest BCUT2D eigenvalue weighted by Gasteiger charge is 2.14. The molecular formula is C17H12Cl3N3.